The molecular formula is C27H25BrN4O5. The molecule has 9 nitrogen and oxygen atoms in total. The molecule has 0 unspecified atom stereocenters. The lowest BCUT2D eigenvalue weighted by Crippen LogP contribution is -2.34. The van der Waals surface area contributed by atoms with Crippen LogP contribution in [0.1, 0.15) is 30.1 Å². The molecule has 1 saturated heterocycles. The number of methoxy groups -OCH3 is 1. The number of benzene rings is 3. The highest BCUT2D eigenvalue weighted by atomic mass is 79.9. The van der Waals surface area contributed by atoms with Gasteiger partial charge < -0.3 is 19.4 Å². The third kappa shape index (κ3) is 5.15. The summed E-state index contributed by atoms with van der Waals surface area (Å²) in [5, 5.41) is 14.3. The number of hydrogen-bond donors (Lipinski definition) is 1. The van der Waals surface area contributed by atoms with Gasteiger partial charge in [0.05, 0.1) is 27.8 Å². The summed E-state index contributed by atoms with van der Waals surface area (Å²) in [6.45, 7) is 3.81. The van der Waals surface area contributed by atoms with Crippen molar-refractivity contribution in [1.82, 2.24) is 4.98 Å². The minimum Gasteiger partial charge on any atom is -0.496 e. The number of anilines is 2. The highest BCUT2D eigenvalue weighted by Crippen LogP contribution is 2.33. The number of nitrogens with zero attached hydrogens (tertiary/aromatic N) is 3. The third-order valence-electron chi connectivity index (χ3n) is 6.60. The van der Waals surface area contributed by atoms with Crippen LogP contribution in [0.2, 0.25) is 0 Å². The van der Waals surface area contributed by atoms with Crippen molar-refractivity contribution in [3.63, 3.8) is 0 Å². The summed E-state index contributed by atoms with van der Waals surface area (Å²) >= 11 is 3.47. The number of nitro benzene ring substituents is 1. The fraction of sp³-hybridized carbons (Fsp3) is 0.259. The number of ether oxygens (including phenoxy) is 1. The number of amides is 1. The average molecular weight is 565 g/mol. The summed E-state index contributed by atoms with van der Waals surface area (Å²) < 4.78 is 12.0. The molecule has 5 rings (SSSR count). The lowest BCUT2D eigenvalue weighted by Gasteiger charge is -2.33. The first-order valence-electron chi connectivity index (χ1n) is 11.9. The molecule has 0 aliphatic carbocycles. The fourth-order valence-corrected chi connectivity index (χ4v) is 5.01. The Bertz CT molecular complexity index is 1490. The van der Waals surface area contributed by atoms with Crippen molar-refractivity contribution >= 4 is 50.0 Å². The predicted molar refractivity (Wildman–Crippen MR) is 145 cm³/mol. The number of rotatable bonds is 6. The number of hydrogen-bond acceptors (Lipinski definition) is 7. The van der Waals surface area contributed by atoms with Crippen LogP contribution >= 0.6 is 15.9 Å². The quantitative estimate of drug-likeness (QED) is 0.206. The summed E-state index contributed by atoms with van der Waals surface area (Å²) in [6, 6.07) is 15.2. The Morgan fingerprint density at radius 3 is 2.65 bits per heavy atom. The smallest absolute Gasteiger partial charge is 0.270 e. The van der Waals surface area contributed by atoms with Gasteiger partial charge in [0.15, 0.2) is 5.58 Å². The van der Waals surface area contributed by atoms with E-state index in [0.29, 0.717) is 40.0 Å². The van der Waals surface area contributed by atoms with Gasteiger partial charge in [-0.1, -0.05) is 6.92 Å². The average Bonchev–Trinajstić information content (AvgIpc) is 3.32. The first-order chi connectivity index (χ1) is 17.8. The Morgan fingerprint density at radius 1 is 1.16 bits per heavy atom. The van der Waals surface area contributed by atoms with Crippen molar-refractivity contribution < 1.29 is 18.9 Å². The van der Waals surface area contributed by atoms with Crippen molar-refractivity contribution in [2.45, 2.75) is 19.8 Å². The molecule has 0 radical (unpaired) electrons. The van der Waals surface area contributed by atoms with E-state index in [0.717, 1.165) is 36.0 Å². The third-order valence-corrected chi connectivity index (χ3v) is 7.22. The molecule has 0 spiro atoms. The molecule has 1 aliphatic rings. The van der Waals surface area contributed by atoms with Gasteiger partial charge in [-0.25, -0.2) is 4.98 Å². The van der Waals surface area contributed by atoms with Crippen molar-refractivity contribution in [3.8, 4) is 17.2 Å². The van der Waals surface area contributed by atoms with Gasteiger partial charge in [0.1, 0.15) is 11.3 Å². The van der Waals surface area contributed by atoms with E-state index in [1.165, 1.54) is 12.1 Å². The Kier molecular flexibility index (Phi) is 6.84. The van der Waals surface area contributed by atoms with Crippen LogP contribution in [0.15, 0.2) is 63.5 Å². The Labute approximate surface area is 221 Å². The van der Waals surface area contributed by atoms with Crippen LogP contribution in [0.3, 0.4) is 0 Å². The zero-order valence-electron chi connectivity index (χ0n) is 20.4. The molecule has 0 bridgehead atoms. The Hall–Kier alpha value is -3.92. The highest BCUT2D eigenvalue weighted by Gasteiger charge is 2.24. The summed E-state index contributed by atoms with van der Waals surface area (Å²) in [4.78, 5) is 31.0. The molecular weight excluding hydrogens is 540 g/mol. The number of nitro groups is 1. The highest BCUT2D eigenvalue weighted by molar-refractivity contribution is 9.10. The maximum Gasteiger partial charge on any atom is 0.270 e. The predicted octanol–water partition coefficient (Wildman–Crippen LogP) is 6.66. The van der Waals surface area contributed by atoms with Crippen LogP contribution < -0.4 is 15.0 Å². The summed E-state index contributed by atoms with van der Waals surface area (Å²) in [7, 11) is 1.60. The molecule has 3 aromatic carbocycles. The van der Waals surface area contributed by atoms with E-state index in [-0.39, 0.29) is 11.3 Å². The summed E-state index contributed by atoms with van der Waals surface area (Å²) in [6.07, 6.45) is 2.02. The van der Waals surface area contributed by atoms with E-state index in [1.54, 1.807) is 31.4 Å². The van der Waals surface area contributed by atoms with E-state index in [9.17, 15) is 14.9 Å². The lowest BCUT2D eigenvalue weighted by molar-refractivity contribution is -0.384. The zero-order chi connectivity index (χ0) is 26.1. The molecule has 0 atom stereocenters. The Morgan fingerprint density at radius 2 is 1.95 bits per heavy atom. The van der Waals surface area contributed by atoms with E-state index >= 15 is 0 Å². The van der Waals surface area contributed by atoms with Crippen molar-refractivity contribution in [1.29, 1.82) is 0 Å². The number of oxazole rings is 1. The number of fused-ring (bicyclic) bond motifs is 1. The SMILES string of the molecule is COc1ccc(-c2nc3cc(NC(=O)c4cc([N+](=O)[O-])ccc4N4CCC(C)CC4)ccc3o2)cc1Br. The number of carbonyl (C=O) groups excluding carboxylic acids is 1. The number of aromatic nitrogens is 1. The summed E-state index contributed by atoms with van der Waals surface area (Å²) in [5.41, 5.74) is 3.27. The van der Waals surface area contributed by atoms with Crippen molar-refractivity contribution in [3.05, 3.63) is 74.7 Å². The number of non-ortho nitro benzene ring substituents is 1. The van der Waals surface area contributed by atoms with Crippen LogP contribution in [0.5, 0.6) is 5.75 Å². The molecule has 1 amide bonds. The van der Waals surface area contributed by atoms with Crippen molar-refractivity contribution in [2.75, 3.05) is 30.4 Å². The number of halogens is 1. The van der Waals surface area contributed by atoms with Crippen LogP contribution in [0.25, 0.3) is 22.6 Å². The molecule has 1 aliphatic heterocycles. The molecule has 1 fully saturated rings. The second kappa shape index (κ2) is 10.2. The molecule has 190 valence electrons. The molecule has 2 heterocycles. The van der Waals surface area contributed by atoms with Gasteiger partial charge in [-0.3, -0.25) is 14.9 Å². The monoisotopic (exact) mass is 564 g/mol. The molecule has 37 heavy (non-hydrogen) atoms. The van der Waals surface area contributed by atoms with Crippen LogP contribution in [0, 0.1) is 16.0 Å². The topological polar surface area (TPSA) is 111 Å². The van der Waals surface area contributed by atoms with Gasteiger partial charge in [-0.05, 0) is 77.2 Å². The molecule has 10 heteroatoms. The van der Waals surface area contributed by atoms with Crippen LogP contribution in [-0.2, 0) is 0 Å². The Balaban J connectivity index is 1.42. The van der Waals surface area contributed by atoms with Gasteiger partial charge >= 0.3 is 0 Å². The maximum absolute atomic E-state index is 13.4. The van der Waals surface area contributed by atoms with Crippen LogP contribution in [0.4, 0.5) is 17.1 Å². The fourth-order valence-electron chi connectivity index (χ4n) is 4.47. The van der Waals surface area contributed by atoms with E-state index < -0.39 is 10.8 Å². The van der Waals surface area contributed by atoms with Gasteiger partial charge in [0.2, 0.25) is 5.89 Å². The van der Waals surface area contributed by atoms with Gasteiger partial charge in [-0.2, -0.15) is 0 Å². The molecule has 1 N–H and O–H groups in total. The minimum atomic E-state index is -0.487. The second-order valence-electron chi connectivity index (χ2n) is 9.13. The van der Waals surface area contributed by atoms with Crippen molar-refractivity contribution in [2.24, 2.45) is 5.92 Å². The van der Waals surface area contributed by atoms with E-state index in [1.807, 2.05) is 18.2 Å². The van der Waals surface area contributed by atoms with E-state index in [4.69, 9.17) is 9.15 Å². The van der Waals surface area contributed by atoms with Gasteiger partial charge in [0.25, 0.3) is 11.6 Å². The van der Waals surface area contributed by atoms with E-state index in [2.05, 4.69) is 38.1 Å². The normalized spacial score (nSPS) is 14.1. The largest absolute Gasteiger partial charge is 0.496 e. The number of nitrogens with one attached hydrogen (secondary N) is 1. The maximum atomic E-state index is 13.4. The first-order valence-corrected chi connectivity index (χ1v) is 12.7. The zero-order valence-corrected chi connectivity index (χ0v) is 21.9. The number of carbonyl (C=O) groups is 1. The van der Waals surface area contributed by atoms with Crippen LogP contribution in [-0.4, -0.2) is 36.0 Å². The lowest BCUT2D eigenvalue weighted by atomic mass is 9.98. The van der Waals surface area contributed by atoms with Gasteiger partial charge in [0, 0.05) is 36.5 Å². The molecule has 0 saturated carbocycles. The van der Waals surface area contributed by atoms with Gasteiger partial charge in [-0.15, -0.1) is 0 Å². The second-order valence-corrected chi connectivity index (χ2v) is 9.99. The summed E-state index contributed by atoms with van der Waals surface area (Å²) in [5.74, 6) is 1.33. The molecule has 4 aromatic rings. The standard InChI is InChI=1S/C27H25BrN4O5/c1-16-9-11-31(12-10-16)23-6-5-19(32(34)35)15-20(23)26(33)29-18-4-8-25-22(14-18)30-27(37-25)17-3-7-24(36-2)21(28)13-17/h3-8,13-16H,9-12H2,1-2H3,(H,29,33). The number of piperidine rings is 1. The minimum absolute atomic E-state index is 0.124. The first kappa shape index (κ1) is 24.8. The molecule has 1 aromatic heterocycles.